The van der Waals surface area contributed by atoms with Crippen molar-refractivity contribution in [2.24, 2.45) is 0 Å². The van der Waals surface area contributed by atoms with E-state index >= 15 is 0 Å². The average molecular weight is 274 g/mol. The number of carbonyl (C=O) groups is 2. The fraction of sp³-hybridized carbons (Fsp3) is 0.625. The van der Waals surface area contributed by atoms with E-state index in [1.165, 1.54) is 12.8 Å². The van der Waals surface area contributed by atoms with Gasteiger partial charge in [-0.25, -0.2) is 0 Å². The Morgan fingerprint density at radius 1 is 1.05 bits per heavy atom. The number of Topliss-reactive ketones (excluding diaryl/α,β-unsaturated/α-hetero) is 1. The second kappa shape index (κ2) is 5.43. The summed E-state index contributed by atoms with van der Waals surface area (Å²) in [5, 5.41) is 0. The molecule has 20 heavy (non-hydrogen) atoms. The van der Waals surface area contributed by atoms with E-state index in [9.17, 15) is 9.59 Å². The molecule has 108 valence electrons. The molecule has 1 amide bonds. The highest BCUT2D eigenvalue weighted by Crippen LogP contribution is 2.27. The lowest BCUT2D eigenvalue weighted by Crippen LogP contribution is -2.32. The Balaban J connectivity index is 1.90. The van der Waals surface area contributed by atoms with E-state index in [-0.39, 0.29) is 11.7 Å². The van der Waals surface area contributed by atoms with Gasteiger partial charge in [0.05, 0.1) is 0 Å². The minimum Gasteiger partial charge on any atom is -0.354 e. The lowest BCUT2D eigenvalue weighted by Gasteiger charge is -2.20. The average Bonchev–Trinajstić information content (AvgIpc) is 2.65. The van der Waals surface area contributed by atoms with Gasteiger partial charge in [0.25, 0.3) is 5.91 Å². The molecule has 1 aliphatic heterocycles. The number of amides is 1. The SMILES string of the molecule is Cc1c(C(=O)N2CCCCCC2)[nH]c2c1C(=O)CCC2. The number of likely N-dealkylation sites (tertiary alicyclic amines) is 1. The molecule has 0 unspecified atom stereocenters. The third-order valence-corrected chi connectivity index (χ3v) is 4.54. The van der Waals surface area contributed by atoms with Gasteiger partial charge in [-0.05, 0) is 38.2 Å². The smallest absolute Gasteiger partial charge is 0.270 e. The number of aryl methyl sites for hydroxylation is 1. The van der Waals surface area contributed by atoms with Gasteiger partial charge >= 0.3 is 0 Å². The number of fused-ring (bicyclic) bond motifs is 1. The minimum absolute atomic E-state index is 0.0756. The van der Waals surface area contributed by atoms with Gasteiger partial charge in [-0.3, -0.25) is 9.59 Å². The van der Waals surface area contributed by atoms with E-state index in [0.29, 0.717) is 12.1 Å². The first kappa shape index (κ1) is 13.4. The van der Waals surface area contributed by atoms with Crippen molar-refractivity contribution in [1.82, 2.24) is 9.88 Å². The predicted octanol–water partition coefficient (Wildman–Crippen LogP) is 2.86. The Labute approximate surface area is 119 Å². The van der Waals surface area contributed by atoms with Crippen LogP contribution in [0.2, 0.25) is 0 Å². The van der Waals surface area contributed by atoms with Gasteiger partial charge in [0.2, 0.25) is 0 Å². The zero-order valence-corrected chi connectivity index (χ0v) is 12.1. The third kappa shape index (κ3) is 2.28. The first-order valence-electron chi connectivity index (χ1n) is 7.72. The number of hydrogen-bond donors (Lipinski definition) is 1. The van der Waals surface area contributed by atoms with Crippen LogP contribution in [0, 0.1) is 6.92 Å². The number of ketones is 1. The van der Waals surface area contributed by atoms with E-state index in [1.54, 1.807) is 0 Å². The largest absolute Gasteiger partial charge is 0.354 e. The van der Waals surface area contributed by atoms with E-state index in [1.807, 2.05) is 11.8 Å². The van der Waals surface area contributed by atoms with Crippen LogP contribution in [0.25, 0.3) is 0 Å². The second-order valence-electron chi connectivity index (χ2n) is 5.96. The van der Waals surface area contributed by atoms with E-state index in [0.717, 1.165) is 55.6 Å². The standard InChI is InChI=1S/C16H22N2O2/c1-11-14-12(7-6-8-13(14)19)17-15(11)16(20)18-9-4-2-3-5-10-18/h17H,2-10H2,1H3. The number of nitrogens with zero attached hydrogens (tertiary/aromatic N) is 1. The summed E-state index contributed by atoms with van der Waals surface area (Å²) in [6.45, 7) is 3.59. The Hall–Kier alpha value is -1.58. The van der Waals surface area contributed by atoms with Gasteiger partial charge in [-0.15, -0.1) is 0 Å². The molecule has 0 radical (unpaired) electrons. The highest BCUT2D eigenvalue weighted by molar-refractivity contribution is 6.04. The monoisotopic (exact) mass is 274 g/mol. The van der Waals surface area contributed by atoms with Gasteiger partial charge in [-0.2, -0.15) is 0 Å². The molecule has 1 aliphatic carbocycles. The summed E-state index contributed by atoms with van der Waals surface area (Å²) in [6.07, 6.45) is 6.99. The molecule has 1 fully saturated rings. The number of aromatic nitrogens is 1. The fourth-order valence-corrected chi connectivity index (χ4v) is 3.42. The predicted molar refractivity (Wildman–Crippen MR) is 77.2 cm³/mol. The quantitative estimate of drug-likeness (QED) is 0.856. The summed E-state index contributed by atoms with van der Waals surface area (Å²) >= 11 is 0. The van der Waals surface area contributed by atoms with Crippen LogP contribution < -0.4 is 0 Å². The van der Waals surface area contributed by atoms with Crippen molar-refractivity contribution in [3.8, 4) is 0 Å². The van der Waals surface area contributed by atoms with Crippen molar-refractivity contribution in [2.45, 2.75) is 51.9 Å². The highest BCUT2D eigenvalue weighted by Gasteiger charge is 2.28. The van der Waals surface area contributed by atoms with Crippen LogP contribution in [-0.4, -0.2) is 34.7 Å². The topological polar surface area (TPSA) is 53.2 Å². The van der Waals surface area contributed by atoms with Gasteiger partial charge in [0, 0.05) is 30.8 Å². The molecule has 0 bridgehead atoms. The number of aromatic amines is 1. The number of nitrogens with one attached hydrogen (secondary N) is 1. The molecule has 0 aromatic carbocycles. The van der Waals surface area contributed by atoms with Crippen LogP contribution in [0.1, 0.15) is 70.6 Å². The van der Waals surface area contributed by atoms with Crippen LogP contribution in [-0.2, 0) is 6.42 Å². The molecule has 4 heteroatoms. The normalized spacial score (nSPS) is 19.6. The number of H-pyrrole nitrogens is 1. The maximum absolute atomic E-state index is 12.7. The highest BCUT2D eigenvalue weighted by atomic mass is 16.2. The van der Waals surface area contributed by atoms with Crippen molar-refractivity contribution in [3.05, 3.63) is 22.5 Å². The van der Waals surface area contributed by atoms with E-state index < -0.39 is 0 Å². The first-order chi connectivity index (χ1) is 9.68. The van der Waals surface area contributed by atoms with Crippen molar-refractivity contribution in [2.75, 3.05) is 13.1 Å². The summed E-state index contributed by atoms with van der Waals surface area (Å²) in [5.74, 6) is 0.265. The van der Waals surface area contributed by atoms with Crippen LogP contribution in [0.3, 0.4) is 0 Å². The summed E-state index contributed by atoms with van der Waals surface area (Å²) in [5.41, 5.74) is 3.26. The van der Waals surface area contributed by atoms with Crippen molar-refractivity contribution in [1.29, 1.82) is 0 Å². The van der Waals surface area contributed by atoms with Crippen molar-refractivity contribution in [3.63, 3.8) is 0 Å². The molecule has 0 atom stereocenters. The van der Waals surface area contributed by atoms with Crippen LogP contribution >= 0.6 is 0 Å². The summed E-state index contributed by atoms with van der Waals surface area (Å²) < 4.78 is 0. The lowest BCUT2D eigenvalue weighted by molar-refractivity contribution is 0.0755. The molecule has 1 saturated heterocycles. The molecule has 3 rings (SSSR count). The minimum atomic E-state index is 0.0756. The molecule has 0 saturated carbocycles. The van der Waals surface area contributed by atoms with Gasteiger partial charge in [0.15, 0.2) is 5.78 Å². The molecule has 0 spiro atoms. The first-order valence-corrected chi connectivity index (χ1v) is 7.72. The number of rotatable bonds is 1. The van der Waals surface area contributed by atoms with Gasteiger partial charge in [0.1, 0.15) is 5.69 Å². The summed E-state index contributed by atoms with van der Waals surface area (Å²) in [6, 6.07) is 0. The van der Waals surface area contributed by atoms with Crippen LogP contribution in [0.5, 0.6) is 0 Å². The molecule has 1 aromatic rings. The maximum Gasteiger partial charge on any atom is 0.270 e. The lowest BCUT2D eigenvalue weighted by atomic mass is 9.94. The fourth-order valence-electron chi connectivity index (χ4n) is 3.42. The molecule has 1 N–H and O–H groups in total. The Morgan fingerprint density at radius 3 is 2.40 bits per heavy atom. The van der Waals surface area contributed by atoms with Crippen molar-refractivity contribution < 1.29 is 9.59 Å². The number of carbonyl (C=O) groups excluding carboxylic acids is 2. The van der Waals surface area contributed by atoms with Gasteiger partial charge < -0.3 is 9.88 Å². The Morgan fingerprint density at radius 2 is 1.75 bits per heavy atom. The molecule has 4 nitrogen and oxygen atoms in total. The van der Waals surface area contributed by atoms with E-state index in [2.05, 4.69) is 4.98 Å². The van der Waals surface area contributed by atoms with Crippen LogP contribution in [0.4, 0.5) is 0 Å². The number of hydrogen-bond acceptors (Lipinski definition) is 2. The molecule has 1 aromatic heterocycles. The second-order valence-corrected chi connectivity index (χ2v) is 5.96. The zero-order chi connectivity index (χ0) is 14.1. The Kier molecular flexibility index (Phi) is 3.64. The molecule has 2 heterocycles. The summed E-state index contributed by atoms with van der Waals surface area (Å²) in [4.78, 5) is 29.9. The molecular weight excluding hydrogens is 252 g/mol. The maximum atomic E-state index is 12.7. The Bertz CT molecular complexity index is 537. The zero-order valence-electron chi connectivity index (χ0n) is 12.1. The third-order valence-electron chi connectivity index (χ3n) is 4.54. The van der Waals surface area contributed by atoms with Crippen LogP contribution in [0.15, 0.2) is 0 Å². The molecule has 2 aliphatic rings. The van der Waals surface area contributed by atoms with Crippen molar-refractivity contribution >= 4 is 11.7 Å². The van der Waals surface area contributed by atoms with E-state index in [4.69, 9.17) is 0 Å². The molecular formula is C16H22N2O2. The summed E-state index contributed by atoms with van der Waals surface area (Å²) in [7, 11) is 0. The van der Waals surface area contributed by atoms with Gasteiger partial charge in [-0.1, -0.05) is 12.8 Å².